The Balaban J connectivity index is 2.91. The van der Waals surface area contributed by atoms with Gasteiger partial charge in [-0.2, -0.15) is 0 Å². The molecule has 0 radical (unpaired) electrons. The number of thiophene rings is 2. The molecule has 0 aliphatic heterocycles. The molecule has 0 N–H and O–H groups in total. The zero-order chi connectivity index (χ0) is 9.59. The van der Waals surface area contributed by atoms with E-state index in [1.54, 1.807) is 3.57 Å². The molecule has 0 aliphatic carbocycles. The van der Waals surface area contributed by atoms with Crippen LogP contribution >= 0.6 is 43.4 Å². The summed E-state index contributed by atoms with van der Waals surface area (Å²) in [5, 5.41) is 0. The monoisotopic (exact) mass is 322 g/mol. The number of hydrogen-bond donors (Lipinski definition) is 0. The summed E-state index contributed by atoms with van der Waals surface area (Å²) in [6.45, 7) is 6.68. The van der Waals surface area contributed by atoms with Gasteiger partial charge in [0.15, 0.2) is 0 Å². The zero-order valence-corrected chi connectivity index (χ0v) is 11.7. The average molecular weight is 322 g/mol. The zero-order valence-electron chi connectivity index (χ0n) is 7.90. The third-order valence-electron chi connectivity index (χ3n) is 2.23. The van der Waals surface area contributed by atoms with Crippen molar-refractivity contribution < 1.29 is 0 Å². The number of hydrogen-bond acceptors (Lipinski definition) is 2. The third kappa shape index (κ3) is 1.41. The fraction of sp³-hybridized carbons (Fsp3) is 0.300. The van der Waals surface area contributed by atoms with E-state index in [9.17, 15) is 0 Å². The molecule has 0 amide bonds. The van der Waals surface area contributed by atoms with Crippen LogP contribution in [-0.4, -0.2) is 4.51 Å². The molecule has 0 unspecified atom stereocenters. The lowest BCUT2D eigenvalue weighted by Gasteiger charge is -1.88. The van der Waals surface area contributed by atoms with Gasteiger partial charge in [-0.3, -0.25) is 0 Å². The van der Waals surface area contributed by atoms with Crippen LogP contribution in [0.25, 0.3) is 9.40 Å². The molecule has 2 heterocycles. The predicted molar refractivity (Wildman–Crippen MR) is 73.8 cm³/mol. The van der Waals surface area contributed by atoms with Crippen LogP contribution in [0.15, 0.2) is 0 Å². The van der Waals surface area contributed by atoms with Crippen LogP contribution in [0.1, 0.15) is 15.3 Å². The van der Waals surface area contributed by atoms with E-state index in [-0.39, 0.29) is 20.7 Å². The molecular formula is C10H11IS2. The highest BCUT2D eigenvalue weighted by Gasteiger charge is 2.12. The Morgan fingerprint density at radius 3 is 2.23 bits per heavy atom. The minimum atomic E-state index is -0.00557. The lowest BCUT2D eigenvalue weighted by Crippen LogP contribution is -1.65. The number of rotatable bonds is 1. The van der Waals surface area contributed by atoms with Gasteiger partial charge in [-0.25, -0.2) is 0 Å². The summed E-state index contributed by atoms with van der Waals surface area (Å²) >= 11 is 3.89. The fourth-order valence-corrected chi connectivity index (χ4v) is 6.54. The second-order valence-electron chi connectivity index (χ2n) is 3.05. The van der Waals surface area contributed by atoms with Crippen molar-refractivity contribution in [3.05, 3.63) is 18.9 Å². The van der Waals surface area contributed by atoms with Crippen LogP contribution in [0.3, 0.4) is 0 Å². The first-order chi connectivity index (χ1) is 6.15. The summed E-state index contributed by atoms with van der Waals surface area (Å²) in [6, 6.07) is 0. The van der Waals surface area contributed by atoms with Gasteiger partial charge in [0.25, 0.3) is 0 Å². The van der Waals surface area contributed by atoms with Crippen molar-refractivity contribution >= 4 is 57.3 Å². The first kappa shape index (κ1) is 9.80. The summed E-state index contributed by atoms with van der Waals surface area (Å²) in [5.41, 5.74) is 1.48. The van der Waals surface area contributed by atoms with Crippen LogP contribution in [0.5, 0.6) is 0 Å². The van der Waals surface area contributed by atoms with Gasteiger partial charge >= 0.3 is 0 Å². The Kier molecular flexibility index (Phi) is 2.59. The van der Waals surface area contributed by atoms with Crippen molar-refractivity contribution in [2.45, 2.75) is 20.8 Å². The molecule has 2 aromatic heterocycles. The van der Waals surface area contributed by atoms with E-state index in [2.05, 4.69) is 25.3 Å². The topological polar surface area (TPSA) is 0 Å². The second kappa shape index (κ2) is 3.44. The molecule has 0 saturated heterocycles. The normalized spacial score (nSPS) is 11.3. The van der Waals surface area contributed by atoms with E-state index < -0.39 is 0 Å². The van der Waals surface area contributed by atoms with Crippen molar-refractivity contribution in [1.82, 2.24) is 0 Å². The summed E-state index contributed by atoms with van der Waals surface area (Å²) in [4.78, 5) is 2.96. The lowest BCUT2D eigenvalue weighted by molar-refractivity contribution is 1.48. The molecule has 13 heavy (non-hydrogen) atoms. The average Bonchev–Trinajstić information content (AvgIpc) is 2.52. The standard InChI is InChI=1S/C10H11IS2/c1-5-6(2)12-10-8(11-4)7(3)13-9(5)10/h4H2,1-3H3. The van der Waals surface area contributed by atoms with Gasteiger partial charge in [0, 0.05) is 18.0 Å². The Hall–Kier alpha value is 0.260. The molecule has 2 rings (SSSR count). The highest BCUT2D eigenvalue weighted by atomic mass is 127. The van der Waals surface area contributed by atoms with Crippen LogP contribution < -0.4 is 0 Å². The quantitative estimate of drug-likeness (QED) is 0.680. The number of fused-ring (bicyclic) bond motifs is 1. The van der Waals surface area contributed by atoms with Gasteiger partial charge in [-0.05, 0) is 26.3 Å². The second-order valence-corrected chi connectivity index (χ2v) is 7.34. The number of aryl methyl sites for hydroxylation is 3. The van der Waals surface area contributed by atoms with Crippen LogP contribution in [0.2, 0.25) is 0 Å². The third-order valence-corrected chi connectivity index (χ3v) is 7.65. The van der Waals surface area contributed by atoms with Crippen molar-refractivity contribution in [2.24, 2.45) is 0 Å². The fourth-order valence-electron chi connectivity index (χ4n) is 1.39. The summed E-state index contributed by atoms with van der Waals surface area (Å²) in [6.07, 6.45) is 0. The highest BCUT2D eigenvalue weighted by Crippen LogP contribution is 2.41. The Bertz CT molecular complexity index is 477. The van der Waals surface area contributed by atoms with E-state index in [0.717, 1.165) is 0 Å². The molecule has 3 heteroatoms. The van der Waals surface area contributed by atoms with Gasteiger partial charge in [-0.15, -0.1) is 22.7 Å². The summed E-state index contributed by atoms with van der Waals surface area (Å²) in [5.74, 6) is 0. The van der Waals surface area contributed by atoms with E-state index in [1.807, 2.05) is 22.7 Å². The molecule has 0 nitrogen and oxygen atoms in total. The molecule has 0 atom stereocenters. The largest absolute Gasteiger partial charge is 0.138 e. The van der Waals surface area contributed by atoms with Gasteiger partial charge in [0.2, 0.25) is 0 Å². The van der Waals surface area contributed by atoms with E-state index in [4.69, 9.17) is 0 Å². The molecule has 2 aromatic rings. The summed E-state index contributed by atoms with van der Waals surface area (Å²) < 4.78 is 8.71. The first-order valence-electron chi connectivity index (χ1n) is 4.02. The molecule has 0 aromatic carbocycles. The van der Waals surface area contributed by atoms with E-state index in [1.165, 1.54) is 24.7 Å². The van der Waals surface area contributed by atoms with E-state index in [0.29, 0.717) is 0 Å². The lowest BCUT2D eigenvalue weighted by atomic mass is 10.3. The van der Waals surface area contributed by atoms with Gasteiger partial charge in [0.05, 0.1) is 4.70 Å². The maximum atomic E-state index is 4.10. The molecule has 0 bridgehead atoms. The smallest absolute Gasteiger partial charge is 0.0588 e. The minimum absolute atomic E-state index is 0.00557. The Labute approximate surface area is 96.3 Å². The van der Waals surface area contributed by atoms with Gasteiger partial charge in [0.1, 0.15) is 0 Å². The molecule has 0 saturated carbocycles. The van der Waals surface area contributed by atoms with E-state index >= 15 is 0 Å². The summed E-state index contributed by atoms with van der Waals surface area (Å²) in [7, 11) is 0. The molecular weight excluding hydrogens is 311 g/mol. The molecule has 70 valence electrons. The Morgan fingerprint density at radius 2 is 1.62 bits per heavy atom. The van der Waals surface area contributed by atoms with Crippen molar-refractivity contribution in [3.63, 3.8) is 0 Å². The Morgan fingerprint density at radius 1 is 1.00 bits per heavy atom. The van der Waals surface area contributed by atoms with Crippen LogP contribution in [-0.2, 0) is 0 Å². The minimum Gasteiger partial charge on any atom is -0.138 e. The SMILES string of the molecule is C=Ic1c(C)sc2c(C)c(C)sc12. The van der Waals surface area contributed by atoms with Crippen molar-refractivity contribution in [3.8, 4) is 0 Å². The highest BCUT2D eigenvalue weighted by molar-refractivity contribution is 14.2. The van der Waals surface area contributed by atoms with Gasteiger partial charge < -0.3 is 0 Å². The predicted octanol–water partition coefficient (Wildman–Crippen LogP) is 4.46. The van der Waals surface area contributed by atoms with Crippen molar-refractivity contribution in [2.75, 3.05) is 0 Å². The molecule has 0 spiro atoms. The van der Waals surface area contributed by atoms with Crippen molar-refractivity contribution in [1.29, 1.82) is 0 Å². The van der Waals surface area contributed by atoms with Crippen LogP contribution in [0.4, 0.5) is 0 Å². The molecule has 0 aliphatic rings. The first-order valence-corrected chi connectivity index (χ1v) is 8.26. The molecule has 0 fully saturated rings. The maximum absolute atomic E-state index is 4.10. The van der Waals surface area contributed by atoms with Gasteiger partial charge in [-0.1, -0.05) is 25.2 Å². The maximum Gasteiger partial charge on any atom is 0.0588 e. The number of halogens is 1. The van der Waals surface area contributed by atoms with Crippen LogP contribution in [0, 0.1) is 24.3 Å².